The number of thiazole rings is 1. The van der Waals surface area contributed by atoms with Gasteiger partial charge in [-0.1, -0.05) is 23.7 Å². The van der Waals surface area contributed by atoms with E-state index in [0.29, 0.717) is 22.8 Å². The number of benzene rings is 1. The van der Waals surface area contributed by atoms with Crippen LogP contribution in [0.2, 0.25) is 5.02 Å². The van der Waals surface area contributed by atoms with Crippen molar-refractivity contribution in [3.8, 4) is 11.3 Å². The number of hydrogen-bond donors (Lipinski definition) is 1. The Kier molecular flexibility index (Phi) is 4.45. The molecule has 118 valence electrons. The normalized spacial score (nSPS) is 10.7. The molecule has 0 saturated carbocycles. The fourth-order valence-corrected chi connectivity index (χ4v) is 3.02. The zero-order valence-corrected chi connectivity index (χ0v) is 14.3. The predicted molar refractivity (Wildman–Crippen MR) is 91.7 cm³/mol. The number of rotatable bonds is 4. The van der Waals surface area contributed by atoms with Crippen molar-refractivity contribution in [3.63, 3.8) is 0 Å². The predicted octanol–water partition coefficient (Wildman–Crippen LogP) is 3.77. The molecule has 0 saturated heterocycles. The quantitative estimate of drug-likeness (QED) is 0.782. The number of amides is 1. The fraction of sp³-hybridized carbons (Fsp3) is 0.188. The number of hydrogen-bond acceptors (Lipinski definition) is 4. The standard InChI is InChI=1S/C16H15ClN4OS/c1-10-19-13(9-23-10)8-21(2)16(22)14-7-18-20-15(14)11-3-5-12(17)6-4-11/h3-7,9H,8H2,1-2H3,(H,18,20). The molecule has 0 bridgehead atoms. The fourth-order valence-electron chi connectivity index (χ4n) is 2.29. The Morgan fingerprint density at radius 2 is 2.09 bits per heavy atom. The van der Waals surface area contributed by atoms with Crippen molar-refractivity contribution >= 4 is 28.8 Å². The van der Waals surface area contributed by atoms with Gasteiger partial charge in [-0.3, -0.25) is 9.89 Å². The van der Waals surface area contributed by atoms with Crippen molar-refractivity contribution in [1.82, 2.24) is 20.1 Å². The lowest BCUT2D eigenvalue weighted by atomic mass is 10.1. The van der Waals surface area contributed by atoms with E-state index in [4.69, 9.17) is 11.6 Å². The summed E-state index contributed by atoms with van der Waals surface area (Å²) in [7, 11) is 1.76. The molecular weight excluding hydrogens is 332 g/mol. The molecule has 1 amide bonds. The first kappa shape index (κ1) is 15.7. The maximum absolute atomic E-state index is 12.7. The molecule has 0 atom stereocenters. The third kappa shape index (κ3) is 3.43. The van der Waals surface area contributed by atoms with Gasteiger partial charge in [0.05, 0.1) is 34.7 Å². The van der Waals surface area contributed by atoms with Gasteiger partial charge in [-0.05, 0) is 19.1 Å². The topological polar surface area (TPSA) is 61.9 Å². The Balaban J connectivity index is 1.82. The van der Waals surface area contributed by atoms with Gasteiger partial charge in [-0.2, -0.15) is 5.10 Å². The molecule has 0 unspecified atom stereocenters. The average molecular weight is 347 g/mol. The SMILES string of the molecule is Cc1nc(CN(C)C(=O)c2cn[nH]c2-c2ccc(Cl)cc2)cs1. The van der Waals surface area contributed by atoms with Crippen LogP contribution >= 0.6 is 22.9 Å². The van der Waals surface area contributed by atoms with Gasteiger partial charge >= 0.3 is 0 Å². The second-order valence-corrected chi connectivity index (χ2v) is 6.68. The number of nitrogens with zero attached hydrogens (tertiary/aromatic N) is 3. The maximum Gasteiger partial charge on any atom is 0.257 e. The van der Waals surface area contributed by atoms with Crippen LogP contribution in [0, 0.1) is 6.92 Å². The summed E-state index contributed by atoms with van der Waals surface area (Å²) < 4.78 is 0. The van der Waals surface area contributed by atoms with Crippen LogP contribution in [-0.4, -0.2) is 33.0 Å². The smallest absolute Gasteiger partial charge is 0.257 e. The second kappa shape index (κ2) is 6.52. The molecule has 0 fully saturated rings. The van der Waals surface area contributed by atoms with E-state index in [1.54, 1.807) is 41.6 Å². The Morgan fingerprint density at radius 1 is 1.35 bits per heavy atom. The van der Waals surface area contributed by atoms with E-state index in [1.165, 1.54) is 0 Å². The number of aryl methyl sites for hydroxylation is 1. The largest absolute Gasteiger partial charge is 0.336 e. The zero-order chi connectivity index (χ0) is 16.4. The van der Waals surface area contributed by atoms with Gasteiger partial charge in [0.1, 0.15) is 0 Å². The first-order chi connectivity index (χ1) is 11.0. The first-order valence-corrected chi connectivity index (χ1v) is 8.26. The summed E-state index contributed by atoms with van der Waals surface area (Å²) in [5.74, 6) is -0.102. The molecular formula is C16H15ClN4OS. The van der Waals surface area contributed by atoms with E-state index < -0.39 is 0 Å². The van der Waals surface area contributed by atoms with E-state index in [0.717, 1.165) is 16.3 Å². The molecule has 5 nitrogen and oxygen atoms in total. The zero-order valence-electron chi connectivity index (χ0n) is 12.7. The van der Waals surface area contributed by atoms with Crippen molar-refractivity contribution in [2.75, 3.05) is 7.05 Å². The maximum atomic E-state index is 12.7. The van der Waals surface area contributed by atoms with Crippen LogP contribution in [-0.2, 0) is 6.54 Å². The van der Waals surface area contributed by atoms with E-state index in [-0.39, 0.29) is 5.91 Å². The van der Waals surface area contributed by atoms with E-state index >= 15 is 0 Å². The molecule has 1 aromatic carbocycles. The van der Waals surface area contributed by atoms with Crippen LogP contribution in [0.4, 0.5) is 0 Å². The van der Waals surface area contributed by atoms with Crippen LogP contribution in [0.5, 0.6) is 0 Å². The molecule has 0 spiro atoms. The Bertz CT molecular complexity index is 825. The third-order valence-electron chi connectivity index (χ3n) is 3.42. The molecule has 7 heteroatoms. The van der Waals surface area contributed by atoms with E-state index in [2.05, 4.69) is 15.2 Å². The molecule has 2 heterocycles. The highest BCUT2D eigenvalue weighted by Crippen LogP contribution is 2.24. The minimum absolute atomic E-state index is 0.102. The lowest BCUT2D eigenvalue weighted by molar-refractivity contribution is 0.0784. The molecule has 0 aliphatic carbocycles. The van der Waals surface area contributed by atoms with Crippen molar-refractivity contribution in [2.24, 2.45) is 0 Å². The van der Waals surface area contributed by atoms with Crippen LogP contribution in [0.3, 0.4) is 0 Å². The Labute approximate surface area is 142 Å². The number of halogens is 1. The number of aromatic nitrogens is 3. The van der Waals surface area contributed by atoms with E-state index in [9.17, 15) is 4.79 Å². The number of carbonyl (C=O) groups excluding carboxylic acids is 1. The monoisotopic (exact) mass is 346 g/mol. The highest BCUT2D eigenvalue weighted by Gasteiger charge is 2.19. The van der Waals surface area contributed by atoms with Gasteiger partial charge < -0.3 is 4.90 Å². The molecule has 2 aromatic heterocycles. The molecule has 0 radical (unpaired) electrons. The van der Waals surface area contributed by atoms with Gasteiger partial charge in [-0.15, -0.1) is 11.3 Å². The van der Waals surface area contributed by atoms with Crippen molar-refractivity contribution in [1.29, 1.82) is 0 Å². The van der Waals surface area contributed by atoms with Crippen LogP contribution in [0.1, 0.15) is 21.1 Å². The van der Waals surface area contributed by atoms with Crippen molar-refractivity contribution in [2.45, 2.75) is 13.5 Å². The van der Waals surface area contributed by atoms with Gasteiger partial charge in [0.2, 0.25) is 0 Å². The number of H-pyrrole nitrogens is 1. The van der Waals surface area contributed by atoms with Crippen LogP contribution in [0.25, 0.3) is 11.3 Å². The number of nitrogens with one attached hydrogen (secondary N) is 1. The summed E-state index contributed by atoms with van der Waals surface area (Å²) in [6.45, 7) is 2.42. The molecule has 0 aliphatic rings. The summed E-state index contributed by atoms with van der Waals surface area (Å²) >= 11 is 7.49. The van der Waals surface area contributed by atoms with Gasteiger partial charge in [0, 0.05) is 23.0 Å². The summed E-state index contributed by atoms with van der Waals surface area (Å²) in [6, 6.07) is 7.29. The number of aromatic amines is 1. The minimum Gasteiger partial charge on any atom is -0.336 e. The lowest BCUT2D eigenvalue weighted by Crippen LogP contribution is -2.26. The van der Waals surface area contributed by atoms with Crippen molar-refractivity contribution < 1.29 is 4.79 Å². The minimum atomic E-state index is -0.102. The average Bonchev–Trinajstić information content (AvgIpc) is 3.16. The summed E-state index contributed by atoms with van der Waals surface area (Å²) in [5, 5.41) is 10.5. The molecule has 3 aromatic rings. The van der Waals surface area contributed by atoms with Crippen molar-refractivity contribution in [3.05, 3.63) is 57.1 Å². The van der Waals surface area contributed by atoms with Gasteiger partial charge in [0.25, 0.3) is 5.91 Å². The van der Waals surface area contributed by atoms with Gasteiger partial charge in [0.15, 0.2) is 0 Å². The summed E-state index contributed by atoms with van der Waals surface area (Å²) in [6.07, 6.45) is 1.55. The highest BCUT2D eigenvalue weighted by atomic mass is 35.5. The molecule has 1 N–H and O–H groups in total. The Hall–Kier alpha value is -2.18. The second-order valence-electron chi connectivity index (χ2n) is 5.18. The summed E-state index contributed by atoms with van der Waals surface area (Å²) in [4.78, 5) is 18.7. The molecule has 0 aliphatic heterocycles. The summed E-state index contributed by atoms with van der Waals surface area (Å²) in [5.41, 5.74) is 2.97. The van der Waals surface area contributed by atoms with Crippen LogP contribution < -0.4 is 0 Å². The number of carbonyl (C=O) groups is 1. The van der Waals surface area contributed by atoms with Gasteiger partial charge in [-0.25, -0.2) is 4.98 Å². The highest BCUT2D eigenvalue weighted by molar-refractivity contribution is 7.09. The lowest BCUT2D eigenvalue weighted by Gasteiger charge is -2.16. The van der Waals surface area contributed by atoms with Crippen LogP contribution in [0.15, 0.2) is 35.8 Å². The first-order valence-electron chi connectivity index (χ1n) is 7.00. The Morgan fingerprint density at radius 3 is 2.74 bits per heavy atom. The molecule has 3 rings (SSSR count). The van der Waals surface area contributed by atoms with E-state index in [1.807, 2.05) is 24.4 Å². The third-order valence-corrected chi connectivity index (χ3v) is 4.49. The molecule has 23 heavy (non-hydrogen) atoms.